The second kappa shape index (κ2) is 8.99. The number of fused-ring (bicyclic) bond motifs is 1. The highest BCUT2D eigenvalue weighted by atomic mass is 79.9. The fourth-order valence-electron chi connectivity index (χ4n) is 2.97. The van der Waals surface area contributed by atoms with Crippen LogP contribution < -0.4 is 16.6 Å². The van der Waals surface area contributed by atoms with E-state index in [4.69, 9.17) is 4.74 Å². The molecule has 3 rings (SSSR count). The zero-order valence-corrected chi connectivity index (χ0v) is 16.9. The molecule has 28 heavy (non-hydrogen) atoms. The summed E-state index contributed by atoms with van der Waals surface area (Å²) in [6, 6.07) is 13.9. The van der Waals surface area contributed by atoms with Crippen LogP contribution in [0.3, 0.4) is 0 Å². The third-order valence-electron chi connectivity index (χ3n) is 4.29. The van der Waals surface area contributed by atoms with E-state index in [-0.39, 0.29) is 24.6 Å². The molecule has 0 atom stereocenters. The van der Waals surface area contributed by atoms with E-state index in [0.717, 1.165) is 9.04 Å². The third kappa shape index (κ3) is 4.40. The molecule has 146 valence electrons. The van der Waals surface area contributed by atoms with Gasteiger partial charge < -0.3 is 10.1 Å². The van der Waals surface area contributed by atoms with Gasteiger partial charge in [-0.15, -0.1) is 0 Å². The number of amides is 1. The van der Waals surface area contributed by atoms with Crippen LogP contribution in [0.1, 0.15) is 6.42 Å². The highest BCUT2D eigenvalue weighted by molar-refractivity contribution is 9.10. The summed E-state index contributed by atoms with van der Waals surface area (Å²) in [6.07, 6.45) is 0.523. The van der Waals surface area contributed by atoms with E-state index in [1.165, 1.54) is 4.57 Å². The fraction of sp³-hybridized carbons (Fsp3) is 0.250. The normalized spacial score (nSPS) is 10.9. The number of aromatic nitrogens is 2. The quantitative estimate of drug-likeness (QED) is 0.566. The molecule has 0 saturated carbocycles. The number of methoxy groups -OCH3 is 1. The van der Waals surface area contributed by atoms with E-state index < -0.39 is 5.69 Å². The van der Waals surface area contributed by atoms with E-state index in [0.29, 0.717) is 29.6 Å². The maximum atomic E-state index is 12.9. The van der Waals surface area contributed by atoms with Crippen LogP contribution >= 0.6 is 15.9 Å². The van der Waals surface area contributed by atoms with Crippen molar-refractivity contribution in [3.63, 3.8) is 0 Å². The van der Waals surface area contributed by atoms with Gasteiger partial charge in [0.15, 0.2) is 0 Å². The Morgan fingerprint density at radius 3 is 2.50 bits per heavy atom. The van der Waals surface area contributed by atoms with Gasteiger partial charge in [0.25, 0.3) is 5.56 Å². The van der Waals surface area contributed by atoms with Gasteiger partial charge in [-0.2, -0.15) is 0 Å². The number of ether oxygens (including phenoxy) is 1. The number of carbonyl (C=O) groups is 1. The van der Waals surface area contributed by atoms with Crippen molar-refractivity contribution in [1.29, 1.82) is 0 Å². The molecule has 0 bridgehead atoms. The number of hydrogen-bond acceptors (Lipinski definition) is 4. The molecule has 0 fully saturated rings. The lowest BCUT2D eigenvalue weighted by Crippen LogP contribution is -2.42. The van der Waals surface area contributed by atoms with Crippen LogP contribution in [0.5, 0.6) is 0 Å². The molecule has 0 aliphatic rings. The van der Waals surface area contributed by atoms with Gasteiger partial charge in [0, 0.05) is 30.4 Å². The van der Waals surface area contributed by atoms with Crippen molar-refractivity contribution < 1.29 is 9.53 Å². The number of carbonyl (C=O) groups excluding carboxylic acids is 1. The smallest absolute Gasteiger partial charge is 0.331 e. The second-order valence-corrected chi connectivity index (χ2v) is 7.16. The van der Waals surface area contributed by atoms with Gasteiger partial charge in [-0.25, -0.2) is 4.79 Å². The summed E-state index contributed by atoms with van der Waals surface area (Å²) >= 11 is 3.34. The number of anilines is 1. The topological polar surface area (TPSA) is 82.3 Å². The van der Waals surface area contributed by atoms with Crippen molar-refractivity contribution >= 4 is 38.4 Å². The minimum Gasteiger partial charge on any atom is -0.385 e. The molecule has 8 heteroatoms. The molecule has 0 saturated heterocycles. The molecule has 2 aromatic carbocycles. The molecular weight excluding hydrogens is 426 g/mol. The van der Waals surface area contributed by atoms with Crippen molar-refractivity contribution in [3.05, 3.63) is 73.8 Å². The van der Waals surface area contributed by atoms with Crippen LogP contribution in [0.15, 0.2) is 62.6 Å². The summed E-state index contributed by atoms with van der Waals surface area (Å²) in [7, 11) is 1.56. The van der Waals surface area contributed by atoms with Crippen LogP contribution in [0, 0.1) is 0 Å². The predicted molar refractivity (Wildman–Crippen MR) is 112 cm³/mol. The summed E-state index contributed by atoms with van der Waals surface area (Å²) in [6.45, 7) is 0.466. The van der Waals surface area contributed by atoms with Crippen LogP contribution in [-0.4, -0.2) is 28.8 Å². The van der Waals surface area contributed by atoms with Crippen molar-refractivity contribution in [2.24, 2.45) is 0 Å². The Kier molecular flexibility index (Phi) is 6.43. The highest BCUT2D eigenvalue weighted by Crippen LogP contribution is 2.14. The Bertz CT molecular complexity index is 1100. The van der Waals surface area contributed by atoms with Crippen molar-refractivity contribution in [1.82, 2.24) is 9.13 Å². The van der Waals surface area contributed by atoms with Gasteiger partial charge in [-0.05, 0) is 42.8 Å². The van der Waals surface area contributed by atoms with Crippen molar-refractivity contribution in [2.45, 2.75) is 19.5 Å². The number of rotatable bonds is 7. The van der Waals surface area contributed by atoms with E-state index >= 15 is 0 Å². The van der Waals surface area contributed by atoms with Crippen LogP contribution in [-0.2, 0) is 22.6 Å². The highest BCUT2D eigenvalue weighted by Gasteiger charge is 2.15. The molecule has 3 aromatic rings. The fourth-order valence-corrected chi connectivity index (χ4v) is 3.23. The minimum absolute atomic E-state index is 0.194. The van der Waals surface area contributed by atoms with Gasteiger partial charge in [0.05, 0.1) is 10.9 Å². The van der Waals surface area contributed by atoms with E-state index in [9.17, 15) is 14.4 Å². The Labute approximate surface area is 169 Å². The third-order valence-corrected chi connectivity index (χ3v) is 4.82. The number of halogens is 1. The van der Waals surface area contributed by atoms with Gasteiger partial charge in [-0.3, -0.25) is 18.7 Å². The molecule has 0 unspecified atom stereocenters. The monoisotopic (exact) mass is 445 g/mol. The van der Waals surface area contributed by atoms with Gasteiger partial charge >= 0.3 is 5.69 Å². The average molecular weight is 446 g/mol. The van der Waals surface area contributed by atoms with Gasteiger partial charge in [-0.1, -0.05) is 28.1 Å². The zero-order chi connectivity index (χ0) is 20.1. The van der Waals surface area contributed by atoms with E-state index in [2.05, 4.69) is 21.2 Å². The first-order valence-corrected chi connectivity index (χ1v) is 9.57. The molecule has 1 aromatic heterocycles. The number of para-hydroxylation sites is 1. The summed E-state index contributed by atoms with van der Waals surface area (Å²) < 4.78 is 8.40. The number of hydrogen-bond donors (Lipinski definition) is 1. The van der Waals surface area contributed by atoms with Gasteiger partial charge in [0.2, 0.25) is 5.91 Å². The summed E-state index contributed by atoms with van der Waals surface area (Å²) in [4.78, 5) is 38.2. The predicted octanol–water partition coefficient (Wildman–Crippen LogP) is 2.60. The number of benzene rings is 2. The summed E-state index contributed by atoms with van der Waals surface area (Å²) in [5.74, 6) is -0.350. The molecule has 0 spiro atoms. The van der Waals surface area contributed by atoms with Crippen LogP contribution in [0.2, 0.25) is 0 Å². The standard InChI is InChI=1S/C20H20BrN3O4/c1-28-12-4-11-23-19(26)16-5-2-3-6-17(16)24(20(23)27)13-18(25)22-15-9-7-14(21)8-10-15/h2-3,5-10H,4,11-13H2,1H3,(H,22,25). The maximum Gasteiger partial charge on any atom is 0.331 e. The lowest BCUT2D eigenvalue weighted by atomic mass is 10.2. The molecule has 0 radical (unpaired) electrons. The Morgan fingerprint density at radius 2 is 1.79 bits per heavy atom. The molecule has 1 amide bonds. The summed E-state index contributed by atoms with van der Waals surface area (Å²) in [5, 5.41) is 3.17. The average Bonchev–Trinajstić information content (AvgIpc) is 2.69. The van der Waals surface area contributed by atoms with Crippen LogP contribution in [0.4, 0.5) is 5.69 Å². The first kappa shape index (κ1) is 20.0. The first-order valence-electron chi connectivity index (χ1n) is 8.78. The summed E-state index contributed by atoms with van der Waals surface area (Å²) in [5.41, 5.74) is 0.192. The number of nitrogens with one attached hydrogen (secondary N) is 1. The lowest BCUT2D eigenvalue weighted by molar-refractivity contribution is -0.116. The minimum atomic E-state index is -0.509. The maximum absolute atomic E-state index is 12.9. The second-order valence-electron chi connectivity index (χ2n) is 6.24. The Balaban J connectivity index is 1.96. The first-order chi connectivity index (χ1) is 13.5. The van der Waals surface area contributed by atoms with Crippen LogP contribution in [0.25, 0.3) is 10.9 Å². The molecule has 1 heterocycles. The van der Waals surface area contributed by atoms with E-state index in [1.807, 2.05) is 12.1 Å². The molecule has 1 N–H and O–H groups in total. The van der Waals surface area contributed by atoms with Crippen molar-refractivity contribution in [2.75, 3.05) is 19.0 Å². The molecule has 0 aliphatic heterocycles. The van der Waals surface area contributed by atoms with Gasteiger partial charge in [0.1, 0.15) is 6.54 Å². The largest absolute Gasteiger partial charge is 0.385 e. The molecule has 7 nitrogen and oxygen atoms in total. The lowest BCUT2D eigenvalue weighted by Gasteiger charge is -2.14. The SMILES string of the molecule is COCCCn1c(=O)c2ccccc2n(CC(=O)Nc2ccc(Br)cc2)c1=O. The molecular formula is C20H20BrN3O4. The van der Waals surface area contributed by atoms with E-state index in [1.54, 1.807) is 43.5 Å². The Hall–Kier alpha value is -2.71. The van der Waals surface area contributed by atoms with Crippen molar-refractivity contribution in [3.8, 4) is 0 Å². The Morgan fingerprint density at radius 1 is 1.07 bits per heavy atom. The number of nitrogens with zero attached hydrogens (tertiary/aromatic N) is 2. The molecule has 0 aliphatic carbocycles. The zero-order valence-electron chi connectivity index (χ0n) is 15.4.